The van der Waals surface area contributed by atoms with Gasteiger partial charge in [0.1, 0.15) is 5.60 Å². The molecule has 1 unspecified atom stereocenters. The van der Waals surface area contributed by atoms with E-state index in [1.807, 2.05) is 20.8 Å². The highest BCUT2D eigenvalue weighted by Crippen LogP contribution is 2.09. The van der Waals surface area contributed by atoms with Crippen LogP contribution < -0.4 is 0 Å². The Morgan fingerprint density at radius 2 is 1.39 bits per heavy atom. The zero-order chi connectivity index (χ0) is 17.6. The van der Waals surface area contributed by atoms with Crippen molar-refractivity contribution in [2.24, 2.45) is 5.92 Å². The third kappa shape index (κ3) is 17.5. The first-order chi connectivity index (χ1) is 10.8. The van der Waals surface area contributed by atoms with E-state index in [1.165, 1.54) is 12.8 Å². The van der Waals surface area contributed by atoms with Gasteiger partial charge in [-0.25, -0.2) is 0 Å². The van der Waals surface area contributed by atoms with Crippen molar-refractivity contribution in [2.75, 3.05) is 39.6 Å². The van der Waals surface area contributed by atoms with Gasteiger partial charge in [-0.05, 0) is 33.1 Å². The zero-order valence-corrected chi connectivity index (χ0v) is 15.7. The average Bonchev–Trinajstić information content (AvgIpc) is 2.43. The summed E-state index contributed by atoms with van der Waals surface area (Å²) in [6, 6.07) is 0. The van der Waals surface area contributed by atoms with Gasteiger partial charge in [0.05, 0.1) is 39.5 Å². The quantitative estimate of drug-likeness (QED) is 0.359. The molecule has 5 heteroatoms. The average molecular weight is 332 g/mol. The van der Waals surface area contributed by atoms with Crippen molar-refractivity contribution < 1.29 is 23.7 Å². The van der Waals surface area contributed by atoms with Gasteiger partial charge in [-0.15, -0.1) is 0 Å². The van der Waals surface area contributed by atoms with Gasteiger partial charge in [0, 0.05) is 6.61 Å². The maximum atomic E-state index is 11.4. The fourth-order valence-corrected chi connectivity index (χ4v) is 2.01. The second-order valence-electron chi connectivity index (χ2n) is 6.86. The van der Waals surface area contributed by atoms with Crippen LogP contribution >= 0.6 is 0 Å². The van der Waals surface area contributed by atoms with Gasteiger partial charge >= 0.3 is 5.97 Å². The molecule has 0 aromatic rings. The van der Waals surface area contributed by atoms with Gasteiger partial charge in [-0.2, -0.15) is 0 Å². The van der Waals surface area contributed by atoms with E-state index in [0.717, 1.165) is 18.9 Å². The molecule has 0 saturated carbocycles. The van der Waals surface area contributed by atoms with E-state index >= 15 is 0 Å². The van der Waals surface area contributed by atoms with Crippen LogP contribution in [0.25, 0.3) is 0 Å². The van der Waals surface area contributed by atoms with Crippen LogP contribution in [0.5, 0.6) is 0 Å². The molecular formula is C18H36O5. The zero-order valence-electron chi connectivity index (χ0n) is 15.7. The Labute approximate surface area is 142 Å². The number of rotatable bonds is 14. The standard InChI is InChI=1S/C18H36O5/c1-6-7-16(2)8-10-20-12-14-22-15-13-21-11-9-17(19)23-18(3,4)5/h16H,6-15H2,1-5H3. The van der Waals surface area contributed by atoms with E-state index in [1.54, 1.807) is 0 Å². The molecule has 0 aliphatic heterocycles. The number of hydrogen-bond donors (Lipinski definition) is 0. The fourth-order valence-electron chi connectivity index (χ4n) is 2.01. The Morgan fingerprint density at radius 1 is 0.870 bits per heavy atom. The highest BCUT2D eigenvalue weighted by atomic mass is 16.6. The van der Waals surface area contributed by atoms with Gasteiger partial charge in [0.2, 0.25) is 0 Å². The molecule has 0 aromatic heterocycles. The summed E-state index contributed by atoms with van der Waals surface area (Å²) in [7, 11) is 0. The van der Waals surface area contributed by atoms with E-state index in [4.69, 9.17) is 18.9 Å². The molecule has 138 valence electrons. The Morgan fingerprint density at radius 3 is 1.91 bits per heavy atom. The van der Waals surface area contributed by atoms with Crippen LogP contribution in [0.3, 0.4) is 0 Å². The largest absolute Gasteiger partial charge is 0.460 e. The molecule has 1 atom stereocenters. The molecule has 0 radical (unpaired) electrons. The fraction of sp³-hybridized carbons (Fsp3) is 0.944. The summed E-state index contributed by atoms with van der Waals surface area (Å²) in [5, 5.41) is 0. The monoisotopic (exact) mass is 332 g/mol. The summed E-state index contributed by atoms with van der Waals surface area (Å²) in [4.78, 5) is 11.4. The predicted octanol–water partition coefficient (Wildman–Crippen LogP) is 3.59. The van der Waals surface area contributed by atoms with E-state index in [2.05, 4.69) is 13.8 Å². The van der Waals surface area contributed by atoms with Crippen LogP contribution in [0.2, 0.25) is 0 Å². The maximum Gasteiger partial charge on any atom is 0.308 e. The number of esters is 1. The van der Waals surface area contributed by atoms with Crippen LogP contribution in [-0.4, -0.2) is 51.2 Å². The third-order valence-corrected chi connectivity index (χ3v) is 3.15. The summed E-state index contributed by atoms with van der Waals surface area (Å²) in [6.45, 7) is 13.4. The predicted molar refractivity (Wildman–Crippen MR) is 91.6 cm³/mol. The topological polar surface area (TPSA) is 54.0 Å². The Bertz CT molecular complexity index is 286. The minimum Gasteiger partial charge on any atom is -0.460 e. The summed E-state index contributed by atoms with van der Waals surface area (Å²) in [5.41, 5.74) is -0.436. The first-order valence-electron chi connectivity index (χ1n) is 8.80. The van der Waals surface area contributed by atoms with Crippen molar-refractivity contribution in [2.45, 2.75) is 65.9 Å². The second-order valence-corrected chi connectivity index (χ2v) is 6.86. The molecule has 23 heavy (non-hydrogen) atoms. The second kappa shape index (κ2) is 13.8. The third-order valence-electron chi connectivity index (χ3n) is 3.15. The lowest BCUT2D eigenvalue weighted by Crippen LogP contribution is -2.24. The van der Waals surface area contributed by atoms with Gasteiger partial charge in [0.15, 0.2) is 0 Å². The van der Waals surface area contributed by atoms with Crippen molar-refractivity contribution in [1.29, 1.82) is 0 Å². The molecule has 0 aliphatic rings. The van der Waals surface area contributed by atoms with Crippen LogP contribution in [0.1, 0.15) is 60.3 Å². The van der Waals surface area contributed by atoms with Crippen LogP contribution in [-0.2, 0) is 23.7 Å². The first-order valence-corrected chi connectivity index (χ1v) is 8.80. The van der Waals surface area contributed by atoms with E-state index in [9.17, 15) is 4.79 Å². The van der Waals surface area contributed by atoms with Gasteiger partial charge in [-0.3, -0.25) is 4.79 Å². The number of ether oxygens (including phenoxy) is 4. The highest BCUT2D eigenvalue weighted by Gasteiger charge is 2.15. The summed E-state index contributed by atoms with van der Waals surface area (Å²) in [5.74, 6) is 0.503. The molecule has 0 amide bonds. The van der Waals surface area contributed by atoms with Crippen molar-refractivity contribution in [3.63, 3.8) is 0 Å². The number of hydrogen-bond acceptors (Lipinski definition) is 5. The minimum atomic E-state index is -0.436. The Balaban J connectivity index is 3.24. The lowest BCUT2D eigenvalue weighted by Gasteiger charge is -2.19. The van der Waals surface area contributed by atoms with Crippen molar-refractivity contribution >= 4 is 5.97 Å². The molecular weight excluding hydrogens is 296 g/mol. The number of carbonyl (C=O) groups is 1. The highest BCUT2D eigenvalue weighted by molar-refractivity contribution is 5.69. The molecule has 0 heterocycles. The molecule has 5 nitrogen and oxygen atoms in total. The SMILES string of the molecule is CCCC(C)CCOCCOCCOCCC(=O)OC(C)(C)C. The maximum absolute atomic E-state index is 11.4. The molecule has 0 bridgehead atoms. The van der Waals surface area contributed by atoms with Crippen molar-refractivity contribution in [1.82, 2.24) is 0 Å². The lowest BCUT2D eigenvalue weighted by atomic mass is 10.0. The van der Waals surface area contributed by atoms with Gasteiger partial charge in [0.25, 0.3) is 0 Å². The lowest BCUT2D eigenvalue weighted by molar-refractivity contribution is -0.156. The summed E-state index contributed by atoms with van der Waals surface area (Å²) < 4.78 is 21.5. The van der Waals surface area contributed by atoms with Gasteiger partial charge < -0.3 is 18.9 Å². The molecule has 0 spiro atoms. The van der Waals surface area contributed by atoms with Crippen LogP contribution in [0.4, 0.5) is 0 Å². The van der Waals surface area contributed by atoms with E-state index in [-0.39, 0.29) is 12.4 Å². The first kappa shape index (κ1) is 22.4. The minimum absolute atomic E-state index is 0.232. The van der Waals surface area contributed by atoms with E-state index in [0.29, 0.717) is 33.0 Å². The molecule has 0 aromatic carbocycles. The smallest absolute Gasteiger partial charge is 0.308 e. The van der Waals surface area contributed by atoms with Crippen molar-refractivity contribution in [3.8, 4) is 0 Å². The Kier molecular flexibility index (Phi) is 13.4. The summed E-state index contributed by atoms with van der Waals surface area (Å²) in [6.07, 6.45) is 3.89. The number of carbonyl (C=O) groups excluding carboxylic acids is 1. The normalized spacial score (nSPS) is 13.1. The molecule has 0 aliphatic carbocycles. The molecule has 0 saturated heterocycles. The van der Waals surface area contributed by atoms with Crippen LogP contribution in [0.15, 0.2) is 0 Å². The van der Waals surface area contributed by atoms with Crippen LogP contribution in [0, 0.1) is 5.92 Å². The Hall–Kier alpha value is -0.650. The van der Waals surface area contributed by atoms with Gasteiger partial charge in [-0.1, -0.05) is 26.7 Å². The van der Waals surface area contributed by atoms with Crippen molar-refractivity contribution in [3.05, 3.63) is 0 Å². The molecule has 0 rings (SSSR count). The van der Waals surface area contributed by atoms with E-state index < -0.39 is 5.60 Å². The summed E-state index contributed by atoms with van der Waals surface area (Å²) >= 11 is 0. The molecule has 0 N–H and O–H groups in total. The molecule has 0 fully saturated rings.